The van der Waals surface area contributed by atoms with E-state index in [1.54, 1.807) is 17.7 Å². The molecule has 0 N–H and O–H groups in total. The van der Waals surface area contributed by atoms with Crippen LogP contribution in [0.4, 0.5) is 11.5 Å². The Labute approximate surface area is 191 Å². The van der Waals surface area contributed by atoms with E-state index < -0.39 is 10.0 Å². The highest BCUT2D eigenvalue weighted by atomic mass is 32.2. The molecule has 168 valence electrons. The normalized spacial score (nSPS) is 18.2. The Morgan fingerprint density at radius 3 is 2.38 bits per heavy atom. The molecule has 0 aliphatic carbocycles. The van der Waals surface area contributed by atoms with Gasteiger partial charge in [-0.1, -0.05) is 18.7 Å². The van der Waals surface area contributed by atoms with Gasteiger partial charge in [0.1, 0.15) is 17.0 Å². The lowest BCUT2D eigenvalue weighted by Gasteiger charge is -2.34. The zero-order chi connectivity index (χ0) is 22.1. The van der Waals surface area contributed by atoms with Gasteiger partial charge in [0.2, 0.25) is 10.0 Å². The van der Waals surface area contributed by atoms with E-state index in [0.717, 1.165) is 58.2 Å². The third-order valence-electron chi connectivity index (χ3n) is 5.95. The first-order valence-corrected chi connectivity index (χ1v) is 12.9. The number of piperazine rings is 1. The molecule has 0 bridgehead atoms. The van der Waals surface area contributed by atoms with Crippen LogP contribution < -0.4 is 9.80 Å². The number of aromatic nitrogens is 2. The average Bonchev–Trinajstić information content (AvgIpc) is 3.29. The van der Waals surface area contributed by atoms with Gasteiger partial charge in [-0.3, -0.25) is 0 Å². The molecule has 0 atom stereocenters. The minimum atomic E-state index is -3.38. The van der Waals surface area contributed by atoms with Crippen molar-refractivity contribution >= 4 is 43.1 Å². The summed E-state index contributed by atoms with van der Waals surface area (Å²) in [6, 6.07) is 10.8. The molecule has 10 heteroatoms. The fourth-order valence-electron chi connectivity index (χ4n) is 4.16. The Balaban J connectivity index is 1.37. The van der Waals surface area contributed by atoms with Crippen molar-refractivity contribution in [3.05, 3.63) is 48.6 Å². The Morgan fingerprint density at radius 2 is 1.69 bits per heavy atom. The van der Waals surface area contributed by atoms with Crippen molar-refractivity contribution in [2.45, 2.75) is 0 Å². The molecule has 0 amide bonds. The van der Waals surface area contributed by atoms with E-state index in [-0.39, 0.29) is 0 Å². The summed E-state index contributed by atoms with van der Waals surface area (Å²) in [5, 5.41) is 2.02. The number of benzene rings is 1. The quantitative estimate of drug-likeness (QED) is 0.566. The van der Waals surface area contributed by atoms with Crippen LogP contribution >= 0.6 is 11.3 Å². The molecule has 0 spiro atoms. The van der Waals surface area contributed by atoms with Crippen LogP contribution in [-0.4, -0.2) is 75.2 Å². The average molecular weight is 472 g/mol. The highest BCUT2D eigenvalue weighted by molar-refractivity contribution is 7.92. The van der Waals surface area contributed by atoms with E-state index in [1.807, 2.05) is 0 Å². The number of sulfonamides is 1. The van der Waals surface area contributed by atoms with Gasteiger partial charge in [-0.15, -0.1) is 11.3 Å². The van der Waals surface area contributed by atoms with Crippen LogP contribution in [0.25, 0.3) is 20.7 Å². The predicted octanol–water partition coefficient (Wildman–Crippen LogP) is 2.79. The molecule has 1 aromatic carbocycles. The second kappa shape index (κ2) is 8.78. The Morgan fingerprint density at radius 1 is 0.969 bits per heavy atom. The Kier molecular flexibility index (Phi) is 5.85. The molecule has 0 radical (unpaired) electrons. The summed E-state index contributed by atoms with van der Waals surface area (Å²) < 4.78 is 31.0. The Hall–Kier alpha value is -2.53. The zero-order valence-electron chi connectivity index (χ0n) is 17.7. The Bertz CT molecular complexity index is 1210. The molecule has 8 nitrogen and oxygen atoms in total. The van der Waals surface area contributed by atoms with Crippen LogP contribution in [0.3, 0.4) is 0 Å². The molecular weight excluding hydrogens is 446 g/mol. The van der Waals surface area contributed by atoms with Gasteiger partial charge in [0.15, 0.2) is 0 Å². The maximum atomic E-state index is 12.1. The van der Waals surface area contributed by atoms with E-state index in [9.17, 15) is 8.42 Å². The van der Waals surface area contributed by atoms with Crippen LogP contribution in [0, 0.1) is 0 Å². The summed E-state index contributed by atoms with van der Waals surface area (Å²) in [5.74, 6) is 0.859. The molecule has 0 unspecified atom stereocenters. The van der Waals surface area contributed by atoms with Gasteiger partial charge < -0.3 is 14.5 Å². The number of hydrogen-bond donors (Lipinski definition) is 0. The van der Waals surface area contributed by atoms with E-state index in [4.69, 9.17) is 4.74 Å². The van der Waals surface area contributed by atoms with Gasteiger partial charge in [0.25, 0.3) is 0 Å². The van der Waals surface area contributed by atoms with Gasteiger partial charge in [-0.2, -0.15) is 4.31 Å². The number of ether oxygens (including phenoxy) is 1. The third kappa shape index (κ3) is 4.11. The predicted molar refractivity (Wildman–Crippen MR) is 129 cm³/mol. The first-order valence-electron chi connectivity index (χ1n) is 10.6. The molecular formula is C22H25N5O3S2. The monoisotopic (exact) mass is 471 g/mol. The van der Waals surface area contributed by atoms with Crippen molar-refractivity contribution in [1.29, 1.82) is 0 Å². The zero-order valence-corrected chi connectivity index (χ0v) is 19.3. The van der Waals surface area contributed by atoms with Crippen molar-refractivity contribution in [3.8, 4) is 10.4 Å². The van der Waals surface area contributed by atoms with Gasteiger partial charge in [0.05, 0.1) is 18.6 Å². The summed E-state index contributed by atoms with van der Waals surface area (Å²) >= 11 is 1.65. The fraction of sp³-hybridized carbons (Fsp3) is 0.364. The molecule has 2 aromatic heterocycles. The van der Waals surface area contributed by atoms with Gasteiger partial charge >= 0.3 is 0 Å². The van der Waals surface area contributed by atoms with Crippen molar-refractivity contribution in [2.75, 3.05) is 62.3 Å². The lowest BCUT2D eigenvalue weighted by molar-refractivity contribution is 0.122. The molecule has 2 fully saturated rings. The van der Waals surface area contributed by atoms with E-state index in [0.29, 0.717) is 26.2 Å². The van der Waals surface area contributed by atoms with Gasteiger partial charge in [0, 0.05) is 55.2 Å². The van der Waals surface area contributed by atoms with Crippen LogP contribution in [0.2, 0.25) is 0 Å². The van der Waals surface area contributed by atoms with Gasteiger partial charge in [-0.25, -0.2) is 18.4 Å². The molecule has 0 saturated carbocycles. The highest BCUT2D eigenvalue weighted by Crippen LogP contribution is 2.37. The van der Waals surface area contributed by atoms with E-state index >= 15 is 0 Å². The minimum Gasteiger partial charge on any atom is -0.378 e. The van der Waals surface area contributed by atoms with Crippen molar-refractivity contribution in [1.82, 2.24) is 14.3 Å². The number of fused-ring (bicyclic) bond motifs is 1. The summed E-state index contributed by atoms with van der Waals surface area (Å²) in [6.45, 7) is 8.80. The molecule has 2 aliphatic heterocycles. The lowest BCUT2D eigenvalue weighted by atomic mass is 10.1. The van der Waals surface area contributed by atoms with Crippen LogP contribution in [0.1, 0.15) is 0 Å². The fourth-order valence-corrected chi connectivity index (χ4v) is 6.04. The number of rotatable bonds is 5. The van der Waals surface area contributed by atoms with Crippen molar-refractivity contribution in [2.24, 2.45) is 0 Å². The van der Waals surface area contributed by atoms with Crippen LogP contribution in [0.15, 0.2) is 48.6 Å². The van der Waals surface area contributed by atoms with Crippen LogP contribution in [0.5, 0.6) is 0 Å². The minimum absolute atomic E-state index is 0.417. The summed E-state index contributed by atoms with van der Waals surface area (Å²) in [5.41, 5.74) is 2.36. The van der Waals surface area contributed by atoms with Crippen molar-refractivity contribution < 1.29 is 13.2 Å². The highest BCUT2D eigenvalue weighted by Gasteiger charge is 2.26. The maximum Gasteiger partial charge on any atom is 0.235 e. The standard InChI is InChI=1S/C22H25N5O3S2/c1-2-32(28,29)27-9-7-26(8-10-27)21-19-15-20(31-22(19)24-16-23-21)17-3-5-18(6-4-17)25-11-13-30-14-12-25/h2-6,15-16H,1,7-14H2. The largest absolute Gasteiger partial charge is 0.378 e. The number of hydrogen-bond acceptors (Lipinski definition) is 8. The van der Waals surface area contributed by atoms with E-state index in [2.05, 4.69) is 56.7 Å². The molecule has 32 heavy (non-hydrogen) atoms. The number of morpholine rings is 1. The molecule has 4 heterocycles. The third-order valence-corrected chi connectivity index (χ3v) is 8.54. The molecule has 2 aliphatic rings. The van der Waals surface area contributed by atoms with Gasteiger partial charge in [-0.05, 0) is 23.8 Å². The lowest BCUT2D eigenvalue weighted by Crippen LogP contribution is -2.48. The van der Waals surface area contributed by atoms with E-state index in [1.165, 1.54) is 9.99 Å². The molecule has 2 saturated heterocycles. The second-order valence-corrected chi connectivity index (χ2v) is 10.7. The number of anilines is 2. The smallest absolute Gasteiger partial charge is 0.235 e. The SMILES string of the molecule is C=CS(=O)(=O)N1CCN(c2ncnc3sc(-c4ccc(N5CCOCC5)cc4)cc23)CC1. The number of nitrogens with zero attached hydrogens (tertiary/aromatic N) is 5. The summed E-state index contributed by atoms with van der Waals surface area (Å²) in [6.07, 6.45) is 1.59. The topological polar surface area (TPSA) is 78.9 Å². The molecule has 3 aromatic rings. The first-order chi connectivity index (χ1) is 15.5. The van der Waals surface area contributed by atoms with Crippen molar-refractivity contribution in [3.63, 3.8) is 0 Å². The number of thiophene rings is 1. The summed E-state index contributed by atoms with van der Waals surface area (Å²) in [7, 11) is -3.38. The second-order valence-electron chi connectivity index (χ2n) is 7.77. The summed E-state index contributed by atoms with van der Waals surface area (Å²) in [4.78, 5) is 15.6. The molecule has 5 rings (SSSR count). The first kappa shape index (κ1) is 21.3. The van der Waals surface area contributed by atoms with Crippen LogP contribution in [-0.2, 0) is 14.8 Å². The maximum absolute atomic E-state index is 12.1.